The van der Waals surface area contributed by atoms with Crippen LogP contribution in [0.3, 0.4) is 0 Å². The Bertz CT molecular complexity index is 448. The highest BCUT2D eigenvalue weighted by Gasteiger charge is 2.01. The van der Waals surface area contributed by atoms with Gasteiger partial charge in [0, 0.05) is 24.8 Å². The predicted molar refractivity (Wildman–Crippen MR) is 61.8 cm³/mol. The van der Waals surface area contributed by atoms with Crippen LogP contribution in [0.25, 0.3) is 10.9 Å². The van der Waals surface area contributed by atoms with E-state index in [9.17, 15) is 0 Å². The van der Waals surface area contributed by atoms with Crippen LogP contribution in [0, 0.1) is 0 Å². The lowest BCUT2D eigenvalue weighted by atomic mass is 10.1. The van der Waals surface area contributed by atoms with E-state index >= 15 is 0 Å². The van der Waals surface area contributed by atoms with Crippen LogP contribution in [0.5, 0.6) is 0 Å². The van der Waals surface area contributed by atoms with Gasteiger partial charge in [0.05, 0.1) is 6.61 Å². The van der Waals surface area contributed by atoms with Crippen LogP contribution in [-0.2, 0) is 13.1 Å². The first kappa shape index (κ1) is 10.2. The number of hydrogen-bond donors (Lipinski definition) is 2. The highest BCUT2D eigenvalue weighted by Crippen LogP contribution is 2.17. The van der Waals surface area contributed by atoms with Gasteiger partial charge in [-0.15, -0.1) is 0 Å². The topological polar surface area (TPSA) is 37.2 Å². The zero-order valence-electron chi connectivity index (χ0n) is 8.90. The average molecular weight is 204 g/mol. The largest absolute Gasteiger partial charge is 0.395 e. The molecule has 0 aliphatic heterocycles. The van der Waals surface area contributed by atoms with Crippen LogP contribution in [-0.4, -0.2) is 23.3 Å². The maximum Gasteiger partial charge on any atom is 0.0610 e. The molecular formula is C12H16N2O. The van der Waals surface area contributed by atoms with Gasteiger partial charge in [-0.1, -0.05) is 6.07 Å². The third kappa shape index (κ3) is 2.03. The summed E-state index contributed by atoms with van der Waals surface area (Å²) in [6.45, 7) is 1.73. The molecule has 0 aliphatic rings. The molecule has 3 heteroatoms. The van der Waals surface area contributed by atoms with Gasteiger partial charge in [-0.05, 0) is 36.2 Å². The maximum atomic E-state index is 8.91. The number of nitrogens with zero attached hydrogens (tertiary/aromatic N) is 1. The van der Waals surface area contributed by atoms with Gasteiger partial charge in [-0.2, -0.15) is 0 Å². The second kappa shape index (κ2) is 4.47. The standard InChI is InChI=1S/C12H16N2O/c1-13-9-10-2-3-12-11(8-10)4-5-14(12)6-7-15/h2-5,8,13,15H,6-7,9H2,1H3. The zero-order valence-corrected chi connectivity index (χ0v) is 8.90. The van der Waals surface area contributed by atoms with Crippen LogP contribution in [0.4, 0.5) is 0 Å². The highest BCUT2D eigenvalue weighted by atomic mass is 16.3. The quantitative estimate of drug-likeness (QED) is 0.789. The molecule has 2 aromatic rings. The van der Waals surface area contributed by atoms with Crippen LogP contribution in [0.15, 0.2) is 30.5 Å². The number of nitrogens with one attached hydrogen (secondary N) is 1. The Morgan fingerprint density at radius 1 is 1.33 bits per heavy atom. The number of aliphatic hydroxyl groups is 1. The van der Waals surface area contributed by atoms with Gasteiger partial charge in [-0.3, -0.25) is 0 Å². The Balaban J connectivity index is 2.38. The highest BCUT2D eigenvalue weighted by molar-refractivity contribution is 5.80. The summed E-state index contributed by atoms with van der Waals surface area (Å²) in [5.41, 5.74) is 2.47. The van der Waals surface area contributed by atoms with Crippen molar-refractivity contribution in [3.05, 3.63) is 36.0 Å². The molecule has 2 N–H and O–H groups in total. The van der Waals surface area contributed by atoms with Crippen molar-refractivity contribution < 1.29 is 5.11 Å². The fraction of sp³-hybridized carbons (Fsp3) is 0.333. The second-order valence-electron chi connectivity index (χ2n) is 3.66. The van der Waals surface area contributed by atoms with E-state index in [1.165, 1.54) is 16.5 Å². The van der Waals surface area contributed by atoms with Gasteiger partial charge in [0.15, 0.2) is 0 Å². The van der Waals surface area contributed by atoms with Crippen molar-refractivity contribution in [1.82, 2.24) is 9.88 Å². The molecule has 0 saturated heterocycles. The van der Waals surface area contributed by atoms with Crippen molar-refractivity contribution in [2.75, 3.05) is 13.7 Å². The van der Waals surface area contributed by atoms with Gasteiger partial charge in [0.2, 0.25) is 0 Å². The summed E-state index contributed by atoms with van der Waals surface area (Å²) in [6, 6.07) is 8.49. The maximum absolute atomic E-state index is 8.91. The SMILES string of the molecule is CNCc1ccc2c(ccn2CCO)c1. The summed E-state index contributed by atoms with van der Waals surface area (Å²) < 4.78 is 2.07. The molecule has 1 heterocycles. The molecule has 0 atom stereocenters. The molecule has 15 heavy (non-hydrogen) atoms. The normalized spacial score (nSPS) is 11.1. The molecule has 0 bridgehead atoms. The fourth-order valence-electron chi connectivity index (χ4n) is 1.87. The predicted octanol–water partition coefficient (Wildman–Crippen LogP) is 1.35. The molecule has 0 radical (unpaired) electrons. The molecule has 80 valence electrons. The van der Waals surface area contributed by atoms with Crippen LogP contribution in [0.1, 0.15) is 5.56 Å². The lowest BCUT2D eigenvalue weighted by molar-refractivity contribution is 0.278. The van der Waals surface area contributed by atoms with Crippen molar-refractivity contribution in [1.29, 1.82) is 0 Å². The van der Waals surface area contributed by atoms with E-state index in [1.807, 2.05) is 13.2 Å². The zero-order chi connectivity index (χ0) is 10.7. The molecule has 0 saturated carbocycles. The van der Waals surface area contributed by atoms with E-state index in [0.29, 0.717) is 6.54 Å². The molecule has 0 fully saturated rings. The van der Waals surface area contributed by atoms with Crippen molar-refractivity contribution in [2.45, 2.75) is 13.1 Å². The summed E-state index contributed by atoms with van der Waals surface area (Å²) in [6.07, 6.45) is 2.02. The van der Waals surface area contributed by atoms with Crippen molar-refractivity contribution in [3.63, 3.8) is 0 Å². The Kier molecular flexibility index (Phi) is 3.04. The molecule has 3 nitrogen and oxygen atoms in total. The monoisotopic (exact) mass is 204 g/mol. The lowest BCUT2D eigenvalue weighted by Gasteiger charge is -2.04. The molecule has 2 rings (SSSR count). The van der Waals surface area contributed by atoms with Gasteiger partial charge >= 0.3 is 0 Å². The molecule has 0 amide bonds. The summed E-state index contributed by atoms with van der Waals surface area (Å²) >= 11 is 0. The van der Waals surface area contributed by atoms with Crippen LogP contribution < -0.4 is 5.32 Å². The van der Waals surface area contributed by atoms with Gasteiger partial charge < -0.3 is 15.0 Å². The smallest absolute Gasteiger partial charge is 0.0610 e. The van der Waals surface area contributed by atoms with Crippen molar-refractivity contribution in [3.8, 4) is 0 Å². The van der Waals surface area contributed by atoms with Crippen LogP contribution >= 0.6 is 0 Å². The molecule has 0 aliphatic carbocycles. The van der Waals surface area contributed by atoms with Crippen molar-refractivity contribution >= 4 is 10.9 Å². The van der Waals surface area contributed by atoms with Crippen LogP contribution in [0.2, 0.25) is 0 Å². The number of fused-ring (bicyclic) bond motifs is 1. The number of aromatic nitrogens is 1. The summed E-state index contributed by atoms with van der Waals surface area (Å²) in [5, 5.41) is 13.3. The molecule has 1 aromatic heterocycles. The molecular weight excluding hydrogens is 188 g/mol. The first-order valence-electron chi connectivity index (χ1n) is 5.18. The van der Waals surface area contributed by atoms with Gasteiger partial charge in [-0.25, -0.2) is 0 Å². The molecule has 1 aromatic carbocycles. The minimum absolute atomic E-state index is 0.183. The number of hydrogen-bond acceptors (Lipinski definition) is 2. The Morgan fingerprint density at radius 3 is 2.93 bits per heavy atom. The van der Waals surface area contributed by atoms with E-state index < -0.39 is 0 Å². The number of benzene rings is 1. The fourth-order valence-corrected chi connectivity index (χ4v) is 1.87. The van der Waals surface area contributed by atoms with E-state index in [4.69, 9.17) is 5.11 Å². The van der Waals surface area contributed by atoms with Gasteiger partial charge in [0.1, 0.15) is 0 Å². The van der Waals surface area contributed by atoms with E-state index in [-0.39, 0.29) is 6.61 Å². The Hall–Kier alpha value is -1.32. The molecule has 0 spiro atoms. The number of rotatable bonds is 4. The Morgan fingerprint density at radius 2 is 2.20 bits per heavy atom. The first-order chi connectivity index (χ1) is 7.35. The minimum Gasteiger partial charge on any atom is -0.395 e. The second-order valence-corrected chi connectivity index (χ2v) is 3.66. The third-order valence-corrected chi connectivity index (χ3v) is 2.56. The lowest BCUT2D eigenvalue weighted by Crippen LogP contribution is -2.04. The average Bonchev–Trinajstić information content (AvgIpc) is 2.62. The number of aliphatic hydroxyl groups excluding tert-OH is 1. The Labute approximate surface area is 89.3 Å². The van der Waals surface area contributed by atoms with E-state index in [1.54, 1.807) is 0 Å². The van der Waals surface area contributed by atoms with Gasteiger partial charge in [0.25, 0.3) is 0 Å². The summed E-state index contributed by atoms with van der Waals surface area (Å²) in [7, 11) is 1.95. The van der Waals surface area contributed by atoms with E-state index in [2.05, 4.69) is 34.1 Å². The third-order valence-electron chi connectivity index (χ3n) is 2.56. The summed E-state index contributed by atoms with van der Waals surface area (Å²) in [5.74, 6) is 0. The van der Waals surface area contributed by atoms with Crippen molar-refractivity contribution in [2.24, 2.45) is 0 Å². The molecule has 0 unspecified atom stereocenters. The summed E-state index contributed by atoms with van der Waals surface area (Å²) in [4.78, 5) is 0. The minimum atomic E-state index is 0.183. The first-order valence-corrected chi connectivity index (χ1v) is 5.18. The van der Waals surface area contributed by atoms with E-state index in [0.717, 1.165) is 6.54 Å².